The first-order chi connectivity index (χ1) is 6.49. The minimum Gasteiger partial charge on any atom is -0.390 e. The lowest BCUT2D eigenvalue weighted by atomic mass is 9.97. The maximum Gasteiger partial charge on any atom is 0.289 e. The van der Waals surface area contributed by atoms with Gasteiger partial charge >= 0.3 is 0 Å². The summed E-state index contributed by atoms with van der Waals surface area (Å²) in [4.78, 5) is 0. The Labute approximate surface area is 93.5 Å². The number of hydrogen-bond acceptors (Lipinski definition) is 2. The fraction of sp³-hybridized carbons (Fsp3) is 0.400. The number of aryl methyl sites for hydroxylation is 1. The Morgan fingerprint density at radius 1 is 1.40 bits per heavy atom. The van der Waals surface area contributed by atoms with Crippen LogP contribution in [0.1, 0.15) is 17.2 Å². The van der Waals surface area contributed by atoms with Crippen LogP contribution in [0.15, 0.2) is 24.3 Å². The largest absolute Gasteiger partial charge is 0.390 e. The lowest BCUT2D eigenvalue weighted by molar-refractivity contribution is -0.0713. The van der Waals surface area contributed by atoms with E-state index in [2.05, 4.69) is 0 Å². The Hall–Kier alpha value is -0.710. The summed E-state index contributed by atoms with van der Waals surface area (Å²) in [5.41, 5.74) is 6.44. The molecule has 2 nitrogen and oxygen atoms in total. The minimum atomic E-state index is -3.27. The molecule has 0 saturated heterocycles. The van der Waals surface area contributed by atoms with Crippen LogP contribution in [-0.2, 0) is 0 Å². The van der Waals surface area contributed by atoms with Crippen LogP contribution in [0.2, 0.25) is 0 Å². The van der Waals surface area contributed by atoms with E-state index in [4.69, 9.17) is 10.8 Å². The lowest BCUT2D eigenvalue weighted by Gasteiger charge is -2.22. The van der Waals surface area contributed by atoms with Crippen molar-refractivity contribution in [3.05, 3.63) is 35.4 Å². The van der Waals surface area contributed by atoms with Crippen molar-refractivity contribution in [1.82, 2.24) is 0 Å². The van der Waals surface area contributed by atoms with Crippen molar-refractivity contribution in [2.75, 3.05) is 6.61 Å². The predicted molar refractivity (Wildman–Crippen MR) is 57.4 cm³/mol. The van der Waals surface area contributed by atoms with Gasteiger partial charge in [-0.25, -0.2) is 8.78 Å². The Bertz CT molecular complexity index is 320. The summed E-state index contributed by atoms with van der Waals surface area (Å²) >= 11 is 0. The molecule has 0 fully saturated rings. The van der Waals surface area contributed by atoms with E-state index < -0.39 is 18.6 Å². The summed E-state index contributed by atoms with van der Waals surface area (Å²) in [6.07, 6.45) is 0. The van der Waals surface area contributed by atoms with E-state index in [0.717, 1.165) is 0 Å². The number of benzene rings is 1. The Kier molecular flexibility index (Phi) is 5.14. The van der Waals surface area contributed by atoms with E-state index in [0.29, 0.717) is 11.1 Å². The number of aliphatic hydroxyl groups is 1. The van der Waals surface area contributed by atoms with Crippen molar-refractivity contribution in [1.29, 1.82) is 0 Å². The quantitative estimate of drug-likeness (QED) is 0.845. The molecule has 0 heterocycles. The molecule has 0 aliphatic rings. The molecule has 0 unspecified atom stereocenters. The van der Waals surface area contributed by atoms with Crippen LogP contribution >= 0.6 is 12.4 Å². The highest BCUT2D eigenvalue weighted by Crippen LogP contribution is 2.30. The standard InChI is InChI=1S/C10H13F2NO.ClH/c1-7-4-2-3-5-8(7)9(13)10(11,12)6-14;/h2-5,9,14H,6,13H2,1H3;1H/t9-;/m1./s1. The molecule has 5 heteroatoms. The second-order valence-electron chi connectivity index (χ2n) is 3.25. The zero-order valence-electron chi connectivity index (χ0n) is 8.28. The predicted octanol–water partition coefficient (Wildman–Crippen LogP) is 2.04. The van der Waals surface area contributed by atoms with E-state index in [1.54, 1.807) is 31.2 Å². The highest BCUT2D eigenvalue weighted by Gasteiger charge is 2.37. The van der Waals surface area contributed by atoms with Crippen molar-refractivity contribution in [2.24, 2.45) is 5.73 Å². The van der Waals surface area contributed by atoms with Crippen LogP contribution in [0, 0.1) is 6.92 Å². The summed E-state index contributed by atoms with van der Waals surface area (Å²) in [6.45, 7) is 0.477. The monoisotopic (exact) mass is 237 g/mol. The number of nitrogens with two attached hydrogens (primary N) is 1. The Morgan fingerprint density at radius 3 is 2.40 bits per heavy atom. The summed E-state index contributed by atoms with van der Waals surface area (Å²) in [5, 5.41) is 8.49. The third-order valence-electron chi connectivity index (χ3n) is 2.19. The first kappa shape index (κ1) is 14.3. The number of hydrogen-bond donors (Lipinski definition) is 2. The van der Waals surface area contributed by atoms with Crippen LogP contribution < -0.4 is 5.73 Å². The number of halogens is 3. The average Bonchev–Trinajstić information content (AvgIpc) is 2.17. The van der Waals surface area contributed by atoms with Crippen LogP contribution in [0.4, 0.5) is 8.78 Å². The molecule has 0 bridgehead atoms. The molecule has 0 spiro atoms. The van der Waals surface area contributed by atoms with Crippen molar-refractivity contribution >= 4 is 12.4 Å². The van der Waals surface area contributed by atoms with Gasteiger partial charge in [-0.05, 0) is 18.1 Å². The van der Waals surface area contributed by atoms with Gasteiger partial charge in [0.05, 0.1) is 6.04 Å². The number of aliphatic hydroxyl groups excluding tert-OH is 1. The van der Waals surface area contributed by atoms with Gasteiger partial charge in [-0.1, -0.05) is 24.3 Å². The molecule has 86 valence electrons. The minimum absolute atomic E-state index is 0. The van der Waals surface area contributed by atoms with Crippen LogP contribution in [0.5, 0.6) is 0 Å². The zero-order chi connectivity index (χ0) is 10.8. The van der Waals surface area contributed by atoms with Gasteiger partial charge in [0.1, 0.15) is 6.61 Å². The summed E-state index contributed by atoms with van der Waals surface area (Å²) in [5.74, 6) is -3.27. The highest BCUT2D eigenvalue weighted by molar-refractivity contribution is 5.85. The van der Waals surface area contributed by atoms with Gasteiger partial charge in [0.15, 0.2) is 0 Å². The molecule has 3 N–H and O–H groups in total. The molecule has 1 rings (SSSR count). The maximum atomic E-state index is 13.0. The van der Waals surface area contributed by atoms with Gasteiger partial charge in [0, 0.05) is 0 Å². The van der Waals surface area contributed by atoms with Gasteiger partial charge in [0.25, 0.3) is 5.92 Å². The first-order valence-corrected chi connectivity index (χ1v) is 4.29. The normalized spacial score (nSPS) is 13.1. The van der Waals surface area contributed by atoms with Crippen molar-refractivity contribution in [3.63, 3.8) is 0 Å². The highest BCUT2D eigenvalue weighted by atomic mass is 35.5. The van der Waals surface area contributed by atoms with Gasteiger partial charge in [-0.2, -0.15) is 0 Å². The summed E-state index contributed by atoms with van der Waals surface area (Å²) in [6, 6.07) is 5.21. The van der Waals surface area contributed by atoms with Crippen molar-refractivity contribution in [3.8, 4) is 0 Å². The molecule has 1 aromatic rings. The average molecular weight is 238 g/mol. The molecule has 0 saturated carbocycles. The van der Waals surface area contributed by atoms with Gasteiger partial charge < -0.3 is 10.8 Å². The summed E-state index contributed by atoms with van der Waals surface area (Å²) < 4.78 is 26.1. The lowest BCUT2D eigenvalue weighted by Crippen LogP contribution is -2.36. The molecule has 0 radical (unpaired) electrons. The molecule has 0 aliphatic heterocycles. The third-order valence-corrected chi connectivity index (χ3v) is 2.19. The fourth-order valence-corrected chi connectivity index (χ4v) is 1.26. The molecule has 15 heavy (non-hydrogen) atoms. The van der Waals surface area contributed by atoms with Gasteiger partial charge in [-0.15, -0.1) is 12.4 Å². The van der Waals surface area contributed by atoms with E-state index >= 15 is 0 Å². The summed E-state index contributed by atoms with van der Waals surface area (Å²) in [7, 11) is 0. The number of alkyl halides is 2. The van der Waals surface area contributed by atoms with E-state index in [-0.39, 0.29) is 12.4 Å². The third kappa shape index (κ3) is 3.12. The maximum absolute atomic E-state index is 13.0. The molecular formula is C10H14ClF2NO. The smallest absolute Gasteiger partial charge is 0.289 e. The SMILES string of the molecule is Cc1ccccc1[C@@H](N)C(F)(F)CO.Cl. The van der Waals surface area contributed by atoms with E-state index in [1.807, 2.05) is 0 Å². The molecule has 1 aromatic carbocycles. The molecule has 1 atom stereocenters. The first-order valence-electron chi connectivity index (χ1n) is 4.29. The Morgan fingerprint density at radius 2 is 1.93 bits per heavy atom. The van der Waals surface area contributed by atoms with E-state index in [9.17, 15) is 8.78 Å². The van der Waals surface area contributed by atoms with E-state index in [1.165, 1.54) is 0 Å². The topological polar surface area (TPSA) is 46.2 Å². The molecular weight excluding hydrogens is 224 g/mol. The molecule has 0 aromatic heterocycles. The van der Waals surface area contributed by atoms with Crippen molar-refractivity contribution < 1.29 is 13.9 Å². The van der Waals surface area contributed by atoms with Crippen molar-refractivity contribution in [2.45, 2.75) is 18.9 Å². The molecule has 0 aliphatic carbocycles. The van der Waals surface area contributed by atoms with Crippen LogP contribution in [0.25, 0.3) is 0 Å². The Balaban J connectivity index is 0.00000196. The second kappa shape index (κ2) is 5.39. The van der Waals surface area contributed by atoms with Gasteiger partial charge in [-0.3, -0.25) is 0 Å². The zero-order valence-corrected chi connectivity index (χ0v) is 9.10. The fourth-order valence-electron chi connectivity index (χ4n) is 1.26. The molecule has 0 amide bonds. The van der Waals surface area contributed by atoms with Crippen LogP contribution in [-0.4, -0.2) is 17.6 Å². The second-order valence-corrected chi connectivity index (χ2v) is 3.25. The van der Waals surface area contributed by atoms with Gasteiger partial charge in [0.2, 0.25) is 0 Å². The number of rotatable bonds is 3. The van der Waals surface area contributed by atoms with Crippen LogP contribution in [0.3, 0.4) is 0 Å².